The fourth-order valence-corrected chi connectivity index (χ4v) is 4.15. The van der Waals surface area contributed by atoms with Crippen LogP contribution in [0.1, 0.15) is 27.9 Å². The van der Waals surface area contributed by atoms with Crippen molar-refractivity contribution in [2.75, 3.05) is 25.1 Å². The maximum Gasteiger partial charge on any atom is 0.258 e. The Morgan fingerprint density at radius 2 is 2.00 bits per heavy atom. The zero-order chi connectivity index (χ0) is 24.7. The average Bonchev–Trinajstić information content (AvgIpc) is 3.60. The van der Waals surface area contributed by atoms with Crippen LogP contribution < -0.4 is 19.7 Å². The number of anilines is 2. The van der Waals surface area contributed by atoms with Crippen LogP contribution in [0, 0.1) is 0 Å². The molecule has 4 aromatic rings. The largest absolute Gasteiger partial charge is 0.497 e. The summed E-state index contributed by atoms with van der Waals surface area (Å²) in [6, 6.07) is 15.8. The number of ether oxygens (including phenoxy) is 2. The summed E-state index contributed by atoms with van der Waals surface area (Å²) >= 11 is 0. The van der Waals surface area contributed by atoms with Crippen molar-refractivity contribution in [1.29, 1.82) is 0 Å². The van der Waals surface area contributed by atoms with Gasteiger partial charge in [-0.1, -0.05) is 30.3 Å². The fraction of sp³-hybridized carbons (Fsp3) is 0.259. The van der Waals surface area contributed by atoms with E-state index in [1.54, 1.807) is 25.8 Å². The standard InChI is InChI=1S/C27H28N6O3/c1-35-22-9-7-20(8-10-22)18-36-26-23(25(34)29-12-4-14-32-16-13-28-19-32)17-30-27(31-26)33-15-11-21-5-2-3-6-24(21)33/h2-3,5-10,13,16-17,19H,4,11-12,14-15,18H2,1H3,(H,29,34). The molecule has 3 heterocycles. The summed E-state index contributed by atoms with van der Waals surface area (Å²) in [4.78, 5) is 28.3. The lowest BCUT2D eigenvalue weighted by molar-refractivity contribution is 0.0946. The van der Waals surface area contributed by atoms with Crippen LogP contribution >= 0.6 is 0 Å². The predicted octanol–water partition coefficient (Wildman–Crippen LogP) is 3.78. The van der Waals surface area contributed by atoms with Crippen LogP contribution in [-0.2, 0) is 19.6 Å². The third-order valence-corrected chi connectivity index (χ3v) is 6.09. The minimum Gasteiger partial charge on any atom is -0.497 e. The number of para-hydroxylation sites is 1. The Kier molecular flexibility index (Phi) is 7.07. The van der Waals surface area contributed by atoms with E-state index in [0.717, 1.165) is 42.9 Å². The van der Waals surface area contributed by atoms with Gasteiger partial charge in [0.25, 0.3) is 5.91 Å². The van der Waals surface area contributed by atoms with Crippen molar-refractivity contribution in [3.8, 4) is 11.6 Å². The monoisotopic (exact) mass is 484 g/mol. The van der Waals surface area contributed by atoms with Gasteiger partial charge in [-0.3, -0.25) is 4.79 Å². The Bertz CT molecular complexity index is 1310. The third-order valence-electron chi connectivity index (χ3n) is 6.09. The van der Waals surface area contributed by atoms with E-state index < -0.39 is 0 Å². The van der Waals surface area contributed by atoms with Crippen LogP contribution in [0.2, 0.25) is 0 Å². The molecule has 0 atom stereocenters. The first-order valence-corrected chi connectivity index (χ1v) is 11.9. The van der Waals surface area contributed by atoms with Gasteiger partial charge in [0.15, 0.2) is 0 Å². The maximum atomic E-state index is 13.0. The van der Waals surface area contributed by atoms with E-state index in [1.807, 2.05) is 47.2 Å². The Morgan fingerprint density at radius 1 is 1.14 bits per heavy atom. The van der Waals surface area contributed by atoms with Crippen LogP contribution in [0.4, 0.5) is 11.6 Å². The number of nitrogens with one attached hydrogen (secondary N) is 1. The second-order valence-corrected chi connectivity index (χ2v) is 8.47. The van der Waals surface area contributed by atoms with E-state index in [9.17, 15) is 4.79 Å². The summed E-state index contributed by atoms with van der Waals surface area (Å²) in [6.45, 7) is 2.32. The van der Waals surface area contributed by atoms with E-state index in [1.165, 1.54) is 5.56 Å². The molecular weight excluding hydrogens is 456 g/mol. The highest BCUT2D eigenvalue weighted by Gasteiger charge is 2.24. The highest BCUT2D eigenvalue weighted by atomic mass is 16.5. The lowest BCUT2D eigenvalue weighted by Gasteiger charge is -2.19. The highest BCUT2D eigenvalue weighted by Crippen LogP contribution is 2.33. The van der Waals surface area contributed by atoms with Crippen LogP contribution in [0.25, 0.3) is 0 Å². The van der Waals surface area contributed by atoms with Gasteiger partial charge in [-0.15, -0.1) is 0 Å². The zero-order valence-corrected chi connectivity index (χ0v) is 20.1. The van der Waals surface area contributed by atoms with Crippen LogP contribution in [-0.4, -0.2) is 45.6 Å². The SMILES string of the molecule is COc1ccc(COc2nc(N3CCc4ccccc43)ncc2C(=O)NCCCn2ccnc2)cc1. The molecule has 1 N–H and O–H groups in total. The molecule has 0 saturated carbocycles. The Balaban J connectivity index is 1.33. The molecule has 9 heteroatoms. The van der Waals surface area contributed by atoms with Gasteiger partial charge in [0.2, 0.25) is 11.8 Å². The second-order valence-electron chi connectivity index (χ2n) is 8.47. The van der Waals surface area contributed by atoms with Crippen molar-refractivity contribution in [2.45, 2.75) is 26.0 Å². The number of fused-ring (bicyclic) bond motifs is 1. The minimum atomic E-state index is -0.265. The summed E-state index contributed by atoms with van der Waals surface area (Å²) in [7, 11) is 1.63. The van der Waals surface area contributed by atoms with Gasteiger partial charge < -0.3 is 24.3 Å². The number of aryl methyl sites for hydroxylation is 1. The summed E-state index contributed by atoms with van der Waals surface area (Å²) < 4.78 is 13.3. The zero-order valence-electron chi connectivity index (χ0n) is 20.1. The Labute approximate surface area is 209 Å². The van der Waals surface area contributed by atoms with Crippen LogP contribution in [0.5, 0.6) is 11.6 Å². The number of imidazole rings is 1. The van der Waals surface area contributed by atoms with Crippen molar-refractivity contribution >= 4 is 17.5 Å². The first kappa shape index (κ1) is 23.3. The van der Waals surface area contributed by atoms with E-state index in [2.05, 4.69) is 37.3 Å². The van der Waals surface area contributed by atoms with E-state index in [0.29, 0.717) is 18.1 Å². The molecule has 0 radical (unpaired) electrons. The quantitative estimate of drug-likeness (QED) is 0.342. The number of hydrogen-bond acceptors (Lipinski definition) is 7. The van der Waals surface area contributed by atoms with Gasteiger partial charge in [0.1, 0.15) is 17.9 Å². The molecule has 9 nitrogen and oxygen atoms in total. The smallest absolute Gasteiger partial charge is 0.258 e. The normalized spacial score (nSPS) is 12.3. The van der Waals surface area contributed by atoms with Crippen molar-refractivity contribution in [3.63, 3.8) is 0 Å². The highest BCUT2D eigenvalue weighted by molar-refractivity contribution is 5.96. The van der Waals surface area contributed by atoms with Crippen LogP contribution in [0.3, 0.4) is 0 Å². The minimum absolute atomic E-state index is 0.257. The molecule has 0 fully saturated rings. The molecule has 36 heavy (non-hydrogen) atoms. The number of methoxy groups -OCH3 is 1. The molecule has 184 valence electrons. The Hall–Kier alpha value is -4.40. The Morgan fingerprint density at radius 3 is 2.81 bits per heavy atom. The number of hydrogen-bond donors (Lipinski definition) is 1. The molecule has 1 aliphatic rings. The summed E-state index contributed by atoms with van der Waals surface area (Å²) in [5.41, 5.74) is 3.58. The molecule has 2 aromatic heterocycles. The number of carbonyl (C=O) groups is 1. The number of carbonyl (C=O) groups excluding carboxylic acids is 1. The molecule has 1 aliphatic heterocycles. The first-order valence-electron chi connectivity index (χ1n) is 11.9. The molecule has 0 unspecified atom stereocenters. The van der Waals surface area contributed by atoms with Crippen LogP contribution in [0.15, 0.2) is 73.4 Å². The van der Waals surface area contributed by atoms with E-state index >= 15 is 0 Å². The molecule has 0 saturated heterocycles. The molecule has 5 rings (SSSR count). The molecule has 0 aliphatic carbocycles. The van der Waals surface area contributed by atoms with Gasteiger partial charge >= 0.3 is 0 Å². The summed E-state index contributed by atoms with van der Waals surface area (Å²) in [5, 5.41) is 2.96. The first-order chi connectivity index (χ1) is 17.7. The number of amides is 1. The lowest BCUT2D eigenvalue weighted by atomic mass is 10.2. The van der Waals surface area contributed by atoms with E-state index in [4.69, 9.17) is 9.47 Å². The maximum absolute atomic E-state index is 13.0. The van der Waals surface area contributed by atoms with Crippen molar-refractivity contribution < 1.29 is 14.3 Å². The molecular formula is C27H28N6O3. The molecule has 0 bridgehead atoms. The second kappa shape index (κ2) is 10.9. The topological polar surface area (TPSA) is 94.4 Å². The van der Waals surface area contributed by atoms with Gasteiger partial charge in [0, 0.05) is 43.9 Å². The van der Waals surface area contributed by atoms with Crippen molar-refractivity contribution in [3.05, 3.63) is 90.1 Å². The summed E-state index contributed by atoms with van der Waals surface area (Å²) in [5.74, 6) is 1.28. The lowest BCUT2D eigenvalue weighted by Crippen LogP contribution is -2.27. The van der Waals surface area contributed by atoms with Gasteiger partial charge in [-0.2, -0.15) is 4.98 Å². The van der Waals surface area contributed by atoms with Crippen molar-refractivity contribution in [1.82, 2.24) is 24.8 Å². The number of rotatable bonds is 10. The van der Waals surface area contributed by atoms with Crippen molar-refractivity contribution in [2.24, 2.45) is 0 Å². The number of aromatic nitrogens is 4. The predicted molar refractivity (Wildman–Crippen MR) is 136 cm³/mol. The van der Waals surface area contributed by atoms with Gasteiger partial charge in [0.05, 0.1) is 13.4 Å². The van der Waals surface area contributed by atoms with E-state index in [-0.39, 0.29) is 18.4 Å². The molecule has 2 aromatic carbocycles. The number of benzene rings is 2. The number of nitrogens with zero attached hydrogens (tertiary/aromatic N) is 5. The third kappa shape index (κ3) is 5.30. The molecule has 0 spiro atoms. The average molecular weight is 485 g/mol. The summed E-state index contributed by atoms with van der Waals surface area (Å²) in [6.07, 6.45) is 8.64. The van der Waals surface area contributed by atoms with Gasteiger partial charge in [-0.05, 0) is 42.2 Å². The molecule has 1 amide bonds. The van der Waals surface area contributed by atoms with Gasteiger partial charge in [-0.25, -0.2) is 9.97 Å². The fourth-order valence-electron chi connectivity index (χ4n) is 4.15.